The smallest absolute Gasteiger partial charge is 0.411 e. The number of para-hydroxylation sites is 1. The summed E-state index contributed by atoms with van der Waals surface area (Å²) < 4.78 is 5.78. The lowest BCUT2D eigenvalue weighted by atomic mass is 9.95. The minimum atomic E-state index is -0.428. The third kappa shape index (κ3) is 3.45. The Hall–Kier alpha value is -2.37. The molecular formula is C22H26N2O3. The molecule has 5 unspecified atom stereocenters. The van der Waals surface area contributed by atoms with Crippen LogP contribution in [0, 0.1) is 11.8 Å². The number of carbonyl (C=O) groups excluding carboxylic acids is 1. The molecule has 4 rings (SSSR count). The van der Waals surface area contributed by atoms with Crippen molar-refractivity contribution in [1.29, 1.82) is 0 Å². The number of nitrogens with one attached hydrogen (secondary N) is 1. The predicted octanol–water partition coefficient (Wildman–Crippen LogP) is 3.60. The Morgan fingerprint density at radius 2 is 1.74 bits per heavy atom. The molecule has 2 N–H and O–H groups in total. The Balaban J connectivity index is 1.46. The van der Waals surface area contributed by atoms with Gasteiger partial charge in [0, 0.05) is 23.4 Å². The van der Waals surface area contributed by atoms with Crippen molar-refractivity contribution in [2.24, 2.45) is 11.8 Å². The van der Waals surface area contributed by atoms with Gasteiger partial charge in [0.2, 0.25) is 0 Å². The average molecular weight is 366 g/mol. The number of carbonyl (C=O) groups is 1. The van der Waals surface area contributed by atoms with Crippen molar-refractivity contribution < 1.29 is 14.6 Å². The molecule has 5 atom stereocenters. The molecule has 2 aromatic carbocycles. The van der Waals surface area contributed by atoms with Gasteiger partial charge in [-0.2, -0.15) is 0 Å². The number of aliphatic hydroxyl groups is 1. The minimum absolute atomic E-state index is 0.144. The number of ether oxygens (including phenoxy) is 1. The summed E-state index contributed by atoms with van der Waals surface area (Å²) in [4.78, 5) is 14.7. The Morgan fingerprint density at radius 3 is 2.44 bits per heavy atom. The zero-order valence-corrected chi connectivity index (χ0v) is 15.7. The van der Waals surface area contributed by atoms with Crippen LogP contribution in [0.3, 0.4) is 0 Å². The van der Waals surface area contributed by atoms with Gasteiger partial charge < -0.3 is 14.7 Å². The van der Waals surface area contributed by atoms with E-state index in [4.69, 9.17) is 4.74 Å². The maximum atomic E-state index is 12.6. The summed E-state index contributed by atoms with van der Waals surface area (Å²) >= 11 is 0. The highest BCUT2D eigenvalue weighted by Gasteiger charge is 2.55. The van der Waals surface area contributed by atoms with E-state index in [1.165, 1.54) is 0 Å². The van der Waals surface area contributed by atoms with E-state index < -0.39 is 6.09 Å². The molecule has 0 saturated heterocycles. The van der Waals surface area contributed by atoms with Crippen LogP contribution in [0.15, 0.2) is 54.6 Å². The van der Waals surface area contributed by atoms with Gasteiger partial charge in [0.15, 0.2) is 0 Å². The van der Waals surface area contributed by atoms with Crippen molar-refractivity contribution in [2.45, 2.75) is 31.1 Å². The first-order valence-electron chi connectivity index (χ1n) is 9.51. The molecule has 27 heavy (non-hydrogen) atoms. The first-order chi connectivity index (χ1) is 13.0. The highest BCUT2D eigenvalue weighted by atomic mass is 16.6. The van der Waals surface area contributed by atoms with E-state index in [-0.39, 0.29) is 30.1 Å². The Labute approximate surface area is 160 Å². The number of hydrogen-bond acceptors (Lipinski definition) is 4. The standard InChI is InChI=1S/C22H26N2O3/c1-24(2)21-16-13-20(17(21)12-19(16)25)27-22(26)23-18-11-7-6-10-15(18)14-8-4-3-5-9-14/h3-11,16-17,19-21,25H,12-13H2,1-2H3,(H,23,26). The molecule has 2 bridgehead atoms. The summed E-state index contributed by atoms with van der Waals surface area (Å²) in [6.45, 7) is 0. The van der Waals surface area contributed by atoms with E-state index in [0.29, 0.717) is 6.42 Å². The average Bonchev–Trinajstić information content (AvgIpc) is 3.17. The van der Waals surface area contributed by atoms with Crippen LogP contribution in [-0.2, 0) is 4.74 Å². The van der Waals surface area contributed by atoms with Crippen molar-refractivity contribution in [2.75, 3.05) is 19.4 Å². The van der Waals surface area contributed by atoms with Crippen molar-refractivity contribution in [3.8, 4) is 11.1 Å². The molecule has 0 heterocycles. The van der Waals surface area contributed by atoms with Crippen LogP contribution in [-0.4, -0.2) is 48.4 Å². The molecule has 2 fully saturated rings. The summed E-state index contributed by atoms with van der Waals surface area (Å²) in [5.74, 6) is 0.370. The summed E-state index contributed by atoms with van der Waals surface area (Å²) in [7, 11) is 4.06. The van der Waals surface area contributed by atoms with E-state index in [1.807, 2.05) is 68.7 Å². The molecule has 142 valence electrons. The fourth-order valence-electron chi connectivity index (χ4n) is 4.89. The van der Waals surface area contributed by atoms with Crippen LogP contribution in [0.4, 0.5) is 10.5 Å². The summed E-state index contributed by atoms with van der Waals surface area (Å²) in [6.07, 6.45) is 0.566. The van der Waals surface area contributed by atoms with Crippen LogP contribution < -0.4 is 5.32 Å². The van der Waals surface area contributed by atoms with E-state index in [0.717, 1.165) is 23.2 Å². The number of fused-ring (bicyclic) bond motifs is 2. The third-order valence-electron chi connectivity index (χ3n) is 5.97. The summed E-state index contributed by atoms with van der Waals surface area (Å²) in [6, 6.07) is 18.0. The minimum Gasteiger partial charge on any atom is -0.446 e. The number of aliphatic hydroxyl groups excluding tert-OH is 1. The second kappa shape index (κ2) is 7.33. The van der Waals surface area contributed by atoms with E-state index in [1.54, 1.807) is 0 Å². The second-order valence-electron chi connectivity index (χ2n) is 7.80. The highest BCUT2D eigenvalue weighted by Crippen LogP contribution is 2.48. The van der Waals surface area contributed by atoms with Crippen molar-refractivity contribution in [3.63, 3.8) is 0 Å². The highest BCUT2D eigenvalue weighted by molar-refractivity contribution is 5.91. The predicted molar refractivity (Wildman–Crippen MR) is 105 cm³/mol. The SMILES string of the molecule is CN(C)C1C2CC(OC(=O)Nc3ccccc3-c3ccccc3)C1CC2O. The van der Waals surface area contributed by atoms with Gasteiger partial charge in [-0.25, -0.2) is 4.79 Å². The lowest BCUT2D eigenvalue weighted by molar-refractivity contribution is 0.0320. The summed E-state index contributed by atoms with van der Waals surface area (Å²) in [5, 5.41) is 13.1. The van der Waals surface area contributed by atoms with Gasteiger partial charge in [-0.1, -0.05) is 48.5 Å². The monoisotopic (exact) mass is 366 g/mol. The Kier molecular flexibility index (Phi) is 4.89. The number of anilines is 1. The van der Waals surface area contributed by atoms with Gasteiger partial charge in [-0.15, -0.1) is 0 Å². The third-order valence-corrected chi connectivity index (χ3v) is 5.97. The largest absolute Gasteiger partial charge is 0.446 e. The van der Waals surface area contributed by atoms with Crippen molar-refractivity contribution in [3.05, 3.63) is 54.6 Å². The van der Waals surface area contributed by atoms with Gasteiger partial charge in [0.1, 0.15) is 6.10 Å². The molecular weight excluding hydrogens is 340 g/mol. The first kappa shape index (κ1) is 18.0. The maximum absolute atomic E-state index is 12.6. The zero-order valence-electron chi connectivity index (χ0n) is 15.7. The number of nitrogens with zero attached hydrogens (tertiary/aromatic N) is 1. The number of amides is 1. The van der Waals surface area contributed by atoms with Gasteiger partial charge >= 0.3 is 6.09 Å². The molecule has 5 nitrogen and oxygen atoms in total. The van der Waals surface area contributed by atoms with E-state index in [2.05, 4.69) is 10.2 Å². The Morgan fingerprint density at radius 1 is 1.04 bits per heavy atom. The molecule has 2 aliphatic carbocycles. The molecule has 0 aromatic heterocycles. The summed E-state index contributed by atoms with van der Waals surface area (Å²) in [5.41, 5.74) is 2.75. The van der Waals surface area contributed by atoms with Crippen LogP contribution >= 0.6 is 0 Å². The number of rotatable bonds is 4. The van der Waals surface area contributed by atoms with Gasteiger partial charge in [0.25, 0.3) is 0 Å². The number of hydrogen-bond donors (Lipinski definition) is 2. The topological polar surface area (TPSA) is 61.8 Å². The fraction of sp³-hybridized carbons (Fsp3) is 0.409. The quantitative estimate of drug-likeness (QED) is 0.868. The molecule has 0 spiro atoms. The molecule has 5 heteroatoms. The van der Waals surface area contributed by atoms with Gasteiger partial charge in [-0.05, 0) is 38.6 Å². The lowest BCUT2D eigenvalue weighted by Gasteiger charge is -2.26. The first-order valence-corrected chi connectivity index (χ1v) is 9.51. The number of benzene rings is 2. The molecule has 1 amide bonds. The van der Waals surface area contributed by atoms with Crippen LogP contribution in [0.2, 0.25) is 0 Å². The maximum Gasteiger partial charge on any atom is 0.411 e. The van der Waals surface area contributed by atoms with E-state index >= 15 is 0 Å². The van der Waals surface area contributed by atoms with Crippen LogP contribution in [0.25, 0.3) is 11.1 Å². The fourth-order valence-corrected chi connectivity index (χ4v) is 4.89. The second-order valence-corrected chi connectivity index (χ2v) is 7.80. The molecule has 2 aliphatic rings. The van der Waals surface area contributed by atoms with Crippen LogP contribution in [0.5, 0.6) is 0 Å². The molecule has 2 saturated carbocycles. The van der Waals surface area contributed by atoms with Gasteiger partial charge in [-0.3, -0.25) is 5.32 Å². The van der Waals surface area contributed by atoms with Gasteiger partial charge in [0.05, 0.1) is 11.8 Å². The van der Waals surface area contributed by atoms with Crippen molar-refractivity contribution in [1.82, 2.24) is 4.90 Å². The normalized spacial score (nSPS) is 29.1. The zero-order chi connectivity index (χ0) is 19.0. The molecule has 2 aromatic rings. The lowest BCUT2D eigenvalue weighted by Crippen LogP contribution is -2.35. The molecule has 0 aliphatic heterocycles. The van der Waals surface area contributed by atoms with Crippen molar-refractivity contribution >= 4 is 11.8 Å². The van der Waals surface area contributed by atoms with Crippen LogP contribution in [0.1, 0.15) is 12.8 Å². The van der Waals surface area contributed by atoms with E-state index in [9.17, 15) is 9.90 Å². The molecule has 0 radical (unpaired) electrons. The Bertz CT molecular complexity index is 808.